The maximum atomic E-state index is 12.9. The molecule has 11 heteroatoms. The third-order valence-corrected chi connectivity index (χ3v) is 7.20. The van der Waals surface area contributed by atoms with Crippen molar-refractivity contribution in [2.24, 2.45) is 0 Å². The van der Waals surface area contributed by atoms with E-state index in [-0.39, 0.29) is 36.3 Å². The molecule has 30 heavy (non-hydrogen) atoms. The predicted octanol–water partition coefficient (Wildman–Crippen LogP) is 0.871. The van der Waals surface area contributed by atoms with Gasteiger partial charge in [0.25, 0.3) is 5.91 Å². The Morgan fingerprint density at radius 1 is 1.20 bits per heavy atom. The Kier molecular flexibility index (Phi) is 6.49. The molecule has 2 aliphatic heterocycles. The largest absolute Gasteiger partial charge is 0.482 e. The van der Waals surface area contributed by atoms with Crippen LogP contribution in [0.2, 0.25) is 0 Å². The zero-order valence-electron chi connectivity index (χ0n) is 16.9. The van der Waals surface area contributed by atoms with E-state index in [1.54, 1.807) is 11.8 Å². The summed E-state index contributed by atoms with van der Waals surface area (Å²) >= 11 is 0. The summed E-state index contributed by atoms with van der Waals surface area (Å²) in [5.41, 5.74) is 0.293. The first-order valence-corrected chi connectivity index (χ1v) is 11.3. The van der Waals surface area contributed by atoms with Crippen molar-refractivity contribution in [2.75, 3.05) is 44.7 Å². The van der Waals surface area contributed by atoms with Crippen LogP contribution >= 0.6 is 0 Å². The van der Waals surface area contributed by atoms with E-state index >= 15 is 0 Å². The number of fused-ring (bicyclic) bond motifs is 1. The summed E-state index contributed by atoms with van der Waals surface area (Å²) in [6, 6.07) is 4.25. The molecule has 0 saturated carbocycles. The minimum atomic E-state index is -3.79. The molecule has 1 aromatic rings. The van der Waals surface area contributed by atoms with Crippen molar-refractivity contribution in [3.05, 3.63) is 18.2 Å². The first kappa shape index (κ1) is 21.9. The highest BCUT2D eigenvalue weighted by atomic mass is 32.2. The fourth-order valence-corrected chi connectivity index (χ4v) is 4.68. The van der Waals surface area contributed by atoms with Gasteiger partial charge in [0.15, 0.2) is 16.4 Å². The summed E-state index contributed by atoms with van der Waals surface area (Å²) in [6.45, 7) is 4.71. The van der Waals surface area contributed by atoms with Crippen molar-refractivity contribution in [3.8, 4) is 5.75 Å². The number of ether oxygens (including phenoxy) is 2. The predicted molar refractivity (Wildman–Crippen MR) is 107 cm³/mol. The molecular weight excluding hydrogens is 414 g/mol. The average Bonchev–Trinajstić information content (AvgIpc) is 2.73. The van der Waals surface area contributed by atoms with Gasteiger partial charge in [-0.2, -0.15) is 0 Å². The Hall–Kier alpha value is -2.82. The van der Waals surface area contributed by atoms with Crippen molar-refractivity contribution < 1.29 is 32.3 Å². The monoisotopic (exact) mass is 439 g/mol. The molecule has 1 aromatic carbocycles. The van der Waals surface area contributed by atoms with Gasteiger partial charge in [0.05, 0.1) is 22.4 Å². The number of anilines is 1. The molecule has 0 radical (unpaired) electrons. The zero-order valence-corrected chi connectivity index (χ0v) is 17.7. The van der Waals surface area contributed by atoms with E-state index in [9.17, 15) is 22.8 Å². The smallest absolute Gasteiger partial charge is 0.409 e. The fraction of sp³-hybridized carbons (Fsp3) is 0.526. The van der Waals surface area contributed by atoms with Gasteiger partial charge in [-0.3, -0.25) is 9.59 Å². The molecule has 1 fully saturated rings. The molecule has 0 aromatic heterocycles. The molecule has 164 valence electrons. The van der Waals surface area contributed by atoms with Crippen LogP contribution in [0.25, 0.3) is 0 Å². The van der Waals surface area contributed by atoms with Crippen molar-refractivity contribution in [2.45, 2.75) is 30.4 Å². The van der Waals surface area contributed by atoms with Crippen LogP contribution in [0.5, 0.6) is 5.75 Å². The quantitative estimate of drug-likeness (QED) is 0.722. The number of benzene rings is 1. The van der Waals surface area contributed by atoms with Crippen LogP contribution in [-0.2, 0) is 24.2 Å². The topological polar surface area (TPSA) is 122 Å². The molecule has 1 saturated heterocycles. The van der Waals surface area contributed by atoms with E-state index in [2.05, 4.69) is 5.32 Å². The van der Waals surface area contributed by atoms with Gasteiger partial charge in [-0.1, -0.05) is 0 Å². The second-order valence-electron chi connectivity index (χ2n) is 7.12. The van der Waals surface area contributed by atoms with Crippen LogP contribution < -0.4 is 10.1 Å². The standard InChI is InChI=1S/C19H25N3O7S/c1-3-28-19(25)22-8-6-21(7-9-22)18(24)10-13(2)30(26,27)14-4-5-16-15(11-14)20-17(23)12-29-16/h4-5,11,13H,3,6-10,12H2,1-2H3,(H,20,23)/t13-/m0/s1. The number of carbonyl (C=O) groups is 3. The minimum Gasteiger partial charge on any atom is -0.482 e. The Labute approximate surface area is 175 Å². The summed E-state index contributed by atoms with van der Waals surface area (Å²) in [4.78, 5) is 38.9. The van der Waals surface area contributed by atoms with Crippen LogP contribution in [0.4, 0.5) is 10.5 Å². The summed E-state index contributed by atoms with van der Waals surface area (Å²) in [7, 11) is -3.79. The molecule has 2 aliphatic rings. The number of carbonyl (C=O) groups excluding carboxylic acids is 3. The molecule has 10 nitrogen and oxygen atoms in total. The number of hydrogen-bond donors (Lipinski definition) is 1. The summed E-state index contributed by atoms with van der Waals surface area (Å²) in [6.07, 6.45) is -0.592. The van der Waals surface area contributed by atoms with Gasteiger partial charge in [0, 0.05) is 32.6 Å². The van der Waals surface area contributed by atoms with Crippen LogP contribution in [-0.4, -0.2) is 80.8 Å². The first-order valence-electron chi connectivity index (χ1n) is 9.72. The Balaban J connectivity index is 1.62. The van der Waals surface area contributed by atoms with E-state index in [1.807, 2.05) is 0 Å². The molecule has 1 N–H and O–H groups in total. The number of nitrogens with one attached hydrogen (secondary N) is 1. The highest BCUT2D eigenvalue weighted by molar-refractivity contribution is 7.92. The lowest BCUT2D eigenvalue weighted by molar-refractivity contribution is -0.132. The van der Waals surface area contributed by atoms with Crippen LogP contribution in [0.1, 0.15) is 20.3 Å². The first-order chi connectivity index (χ1) is 14.2. The lowest BCUT2D eigenvalue weighted by Crippen LogP contribution is -2.51. The van der Waals surface area contributed by atoms with Gasteiger partial charge in [-0.05, 0) is 32.0 Å². The summed E-state index contributed by atoms with van der Waals surface area (Å²) in [5.74, 6) is -0.247. The molecule has 2 heterocycles. The lowest BCUT2D eigenvalue weighted by atomic mass is 10.2. The number of hydrogen-bond acceptors (Lipinski definition) is 7. The SMILES string of the molecule is CCOC(=O)N1CCN(C(=O)C[C@H](C)S(=O)(=O)c2ccc3c(c2)NC(=O)CO3)CC1. The van der Waals surface area contributed by atoms with Crippen LogP contribution in [0, 0.1) is 0 Å². The van der Waals surface area contributed by atoms with Gasteiger partial charge >= 0.3 is 6.09 Å². The molecule has 3 rings (SSSR count). The Bertz CT molecular complexity index is 939. The van der Waals surface area contributed by atoms with Gasteiger partial charge < -0.3 is 24.6 Å². The van der Waals surface area contributed by atoms with Crippen LogP contribution in [0.15, 0.2) is 23.1 Å². The molecule has 0 unspecified atom stereocenters. The number of rotatable bonds is 5. The summed E-state index contributed by atoms with van der Waals surface area (Å²) < 4.78 is 36.1. The molecule has 0 bridgehead atoms. The van der Waals surface area contributed by atoms with Gasteiger partial charge in [-0.15, -0.1) is 0 Å². The molecule has 1 atom stereocenters. The van der Waals surface area contributed by atoms with Gasteiger partial charge in [0.2, 0.25) is 5.91 Å². The second-order valence-corrected chi connectivity index (χ2v) is 9.49. The number of sulfone groups is 1. The Morgan fingerprint density at radius 3 is 2.53 bits per heavy atom. The average molecular weight is 439 g/mol. The Morgan fingerprint density at radius 2 is 1.87 bits per heavy atom. The maximum Gasteiger partial charge on any atom is 0.409 e. The molecular formula is C19H25N3O7S. The van der Waals surface area contributed by atoms with Crippen molar-refractivity contribution in [3.63, 3.8) is 0 Å². The van der Waals surface area contributed by atoms with Crippen molar-refractivity contribution in [1.82, 2.24) is 9.80 Å². The van der Waals surface area contributed by atoms with Crippen molar-refractivity contribution >= 4 is 33.4 Å². The lowest BCUT2D eigenvalue weighted by Gasteiger charge is -2.34. The van der Waals surface area contributed by atoms with E-state index < -0.39 is 21.2 Å². The molecule has 0 aliphatic carbocycles. The highest BCUT2D eigenvalue weighted by Gasteiger charge is 2.31. The zero-order chi connectivity index (χ0) is 21.9. The van der Waals surface area contributed by atoms with Gasteiger partial charge in [0.1, 0.15) is 5.75 Å². The van der Waals surface area contributed by atoms with E-state index in [1.165, 1.54) is 30.0 Å². The highest BCUT2D eigenvalue weighted by Crippen LogP contribution is 2.31. The number of piperazine rings is 1. The minimum absolute atomic E-state index is 0.0134. The van der Waals surface area contributed by atoms with E-state index in [4.69, 9.17) is 9.47 Å². The van der Waals surface area contributed by atoms with E-state index in [0.717, 1.165) is 0 Å². The second kappa shape index (κ2) is 8.90. The van der Waals surface area contributed by atoms with Crippen LogP contribution in [0.3, 0.4) is 0 Å². The third-order valence-electron chi connectivity index (χ3n) is 5.06. The third kappa shape index (κ3) is 4.66. The fourth-order valence-electron chi connectivity index (χ4n) is 3.31. The normalized spacial score (nSPS) is 17.5. The number of amides is 3. The van der Waals surface area contributed by atoms with E-state index in [0.29, 0.717) is 37.6 Å². The van der Waals surface area contributed by atoms with Crippen molar-refractivity contribution in [1.29, 1.82) is 0 Å². The molecule has 0 spiro atoms. The maximum absolute atomic E-state index is 12.9. The molecule has 3 amide bonds. The van der Waals surface area contributed by atoms with Gasteiger partial charge in [-0.25, -0.2) is 13.2 Å². The number of nitrogens with zero attached hydrogens (tertiary/aromatic N) is 2. The summed E-state index contributed by atoms with van der Waals surface area (Å²) in [5, 5.41) is 1.63.